The van der Waals surface area contributed by atoms with Crippen LogP contribution in [0.2, 0.25) is 0 Å². The number of hydrogen-bond donors (Lipinski definition) is 0. The highest BCUT2D eigenvalue weighted by atomic mass is 14.3. The van der Waals surface area contributed by atoms with E-state index in [9.17, 15) is 0 Å². The summed E-state index contributed by atoms with van der Waals surface area (Å²) in [5.41, 5.74) is 10.4. The Morgan fingerprint density at radius 3 is 1.12 bits per heavy atom. The van der Waals surface area contributed by atoms with Gasteiger partial charge >= 0.3 is 0 Å². The van der Waals surface area contributed by atoms with Crippen molar-refractivity contribution in [3.8, 4) is 22.3 Å². The summed E-state index contributed by atoms with van der Waals surface area (Å²) < 4.78 is 0. The second kappa shape index (κ2) is 12.2. The van der Waals surface area contributed by atoms with Crippen molar-refractivity contribution < 1.29 is 0 Å². The highest BCUT2D eigenvalue weighted by molar-refractivity contribution is 5.70. The van der Waals surface area contributed by atoms with Crippen molar-refractivity contribution in [2.75, 3.05) is 0 Å². The van der Waals surface area contributed by atoms with Crippen molar-refractivity contribution >= 4 is 0 Å². The van der Waals surface area contributed by atoms with E-state index in [1.54, 1.807) is 0 Å². The highest BCUT2D eigenvalue weighted by Crippen LogP contribution is 2.37. The molecule has 172 valence electrons. The first-order valence-electron chi connectivity index (χ1n) is 12.3. The lowest BCUT2D eigenvalue weighted by Crippen LogP contribution is -2.19. The summed E-state index contributed by atoms with van der Waals surface area (Å²) in [7, 11) is 0. The Hall–Kier alpha value is -3.12. The smallest absolute Gasteiger partial charge is 0.0147 e. The summed E-state index contributed by atoms with van der Waals surface area (Å²) in [6.45, 7) is 17.0. The summed E-state index contributed by atoms with van der Waals surface area (Å²) in [6, 6.07) is 35.2. The van der Waals surface area contributed by atoms with Gasteiger partial charge in [0, 0.05) is 5.41 Å². The molecule has 0 aliphatic carbocycles. The van der Waals surface area contributed by atoms with E-state index in [2.05, 4.69) is 125 Å². The monoisotopic (exact) mass is 436 g/mol. The maximum atomic E-state index is 2.37. The lowest BCUT2D eigenvalue weighted by molar-refractivity contribution is 0.641. The summed E-state index contributed by atoms with van der Waals surface area (Å²) >= 11 is 0. The molecule has 0 spiro atoms. The van der Waals surface area contributed by atoms with Gasteiger partial charge < -0.3 is 0 Å². The quantitative estimate of drug-likeness (QED) is 0.298. The number of hydrogen-bond acceptors (Lipinski definition) is 0. The van der Waals surface area contributed by atoms with Crippen LogP contribution in [0, 0.1) is 13.8 Å². The summed E-state index contributed by atoms with van der Waals surface area (Å²) in [4.78, 5) is 0. The lowest BCUT2D eigenvalue weighted by Gasteiger charge is -2.28. The average molecular weight is 437 g/mol. The molecule has 0 aliphatic heterocycles. The normalized spacial score (nSPS) is 10.4. The van der Waals surface area contributed by atoms with Crippen LogP contribution in [0.15, 0.2) is 97.1 Å². The van der Waals surface area contributed by atoms with Crippen LogP contribution in [0.4, 0.5) is 0 Å². The summed E-state index contributed by atoms with van der Waals surface area (Å²) in [6.07, 6.45) is 0. The Morgan fingerprint density at radius 2 is 0.788 bits per heavy atom. The fraction of sp³-hybridized carbons (Fsp3) is 0.273. The summed E-state index contributed by atoms with van der Waals surface area (Å²) in [5.74, 6) is 0. The van der Waals surface area contributed by atoms with E-state index in [4.69, 9.17) is 0 Å². The Balaban J connectivity index is 0.000000914. The van der Waals surface area contributed by atoms with Gasteiger partial charge in [-0.15, -0.1) is 0 Å². The lowest BCUT2D eigenvalue weighted by atomic mass is 9.76. The molecule has 0 heterocycles. The van der Waals surface area contributed by atoms with E-state index in [0.717, 1.165) is 0 Å². The molecule has 4 aromatic carbocycles. The zero-order valence-corrected chi connectivity index (χ0v) is 21.7. The zero-order chi connectivity index (χ0) is 24.4. The van der Waals surface area contributed by atoms with Gasteiger partial charge in [-0.1, -0.05) is 139 Å². The molecule has 0 N–H and O–H groups in total. The molecule has 0 nitrogen and oxygen atoms in total. The minimum absolute atomic E-state index is 0.0888. The molecule has 0 unspecified atom stereocenters. The first-order chi connectivity index (χ1) is 16.0. The molecule has 0 fully saturated rings. The van der Waals surface area contributed by atoms with Gasteiger partial charge in [-0.05, 0) is 58.4 Å². The second-order valence-corrected chi connectivity index (χ2v) is 8.42. The van der Waals surface area contributed by atoms with E-state index in [0.29, 0.717) is 0 Å². The second-order valence-electron chi connectivity index (χ2n) is 8.42. The van der Waals surface area contributed by atoms with Crippen LogP contribution in [0.3, 0.4) is 0 Å². The molecular formula is C33H40. The maximum absolute atomic E-state index is 2.37. The maximum Gasteiger partial charge on any atom is 0.0147 e. The molecule has 33 heavy (non-hydrogen) atoms. The van der Waals surface area contributed by atoms with E-state index in [1.807, 2.05) is 27.7 Å². The first-order valence-corrected chi connectivity index (χ1v) is 12.3. The Morgan fingerprint density at radius 1 is 0.455 bits per heavy atom. The Kier molecular flexibility index (Phi) is 9.67. The van der Waals surface area contributed by atoms with Crippen molar-refractivity contribution in [3.63, 3.8) is 0 Å². The average Bonchev–Trinajstić information content (AvgIpc) is 2.88. The molecule has 4 aromatic rings. The van der Waals surface area contributed by atoms with Crippen molar-refractivity contribution in [3.05, 3.63) is 119 Å². The van der Waals surface area contributed by atoms with Crippen molar-refractivity contribution in [2.45, 2.75) is 60.8 Å². The Bertz CT molecular complexity index is 1030. The van der Waals surface area contributed by atoms with Gasteiger partial charge in [0.05, 0.1) is 0 Å². The molecule has 0 saturated heterocycles. The summed E-state index contributed by atoms with van der Waals surface area (Å²) in [5, 5.41) is 0. The molecule has 0 saturated carbocycles. The largest absolute Gasteiger partial charge is 0.0683 e. The molecule has 0 atom stereocenters. The minimum Gasteiger partial charge on any atom is -0.0683 e. The highest BCUT2D eigenvalue weighted by Gasteiger charge is 2.25. The predicted octanol–water partition coefficient (Wildman–Crippen LogP) is 10.0. The fourth-order valence-electron chi connectivity index (χ4n) is 4.05. The van der Waals surface area contributed by atoms with Gasteiger partial charge in [0.1, 0.15) is 0 Å². The van der Waals surface area contributed by atoms with E-state index in [-0.39, 0.29) is 5.41 Å². The molecule has 0 aliphatic rings. The van der Waals surface area contributed by atoms with E-state index in [1.165, 1.54) is 44.5 Å². The van der Waals surface area contributed by atoms with Crippen LogP contribution in [-0.2, 0) is 5.41 Å². The zero-order valence-electron chi connectivity index (χ0n) is 21.7. The molecule has 0 amide bonds. The van der Waals surface area contributed by atoms with Gasteiger partial charge in [-0.3, -0.25) is 0 Å². The van der Waals surface area contributed by atoms with Gasteiger partial charge in [0.2, 0.25) is 0 Å². The van der Waals surface area contributed by atoms with Crippen LogP contribution in [0.25, 0.3) is 22.3 Å². The fourth-order valence-corrected chi connectivity index (χ4v) is 4.05. The third-order valence-electron chi connectivity index (χ3n) is 6.09. The topological polar surface area (TPSA) is 0 Å². The third kappa shape index (κ3) is 6.02. The van der Waals surface area contributed by atoms with Crippen LogP contribution < -0.4 is 0 Å². The molecule has 0 heteroatoms. The molecule has 4 rings (SSSR count). The molecule has 0 aromatic heterocycles. The van der Waals surface area contributed by atoms with Crippen LogP contribution in [0.5, 0.6) is 0 Å². The van der Waals surface area contributed by atoms with E-state index < -0.39 is 0 Å². The molecular weight excluding hydrogens is 396 g/mol. The van der Waals surface area contributed by atoms with Crippen LogP contribution in [-0.4, -0.2) is 0 Å². The third-order valence-corrected chi connectivity index (χ3v) is 6.09. The van der Waals surface area contributed by atoms with Crippen LogP contribution in [0.1, 0.15) is 63.8 Å². The first kappa shape index (κ1) is 26.1. The van der Waals surface area contributed by atoms with Crippen molar-refractivity contribution in [1.82, 2.24) is 0 Å². The van der Waals surface area contributed by atoms with Gasteiger partial charge in [0.25, 0.3) is 0 Å². The number of benzene rings is 4. The van der Waals surface area contributed by atoms with Crippen LogP contribution >= 0.6 is 0 Å². The van der Waals surface area contributed by atoms with Gasteiger partial charge in [0.15, 0.2) is 0 Å². The minimum atomic E-state index is -0.0888. The molecule has 0 bridgehead atoms. The number of rotatable bonds is 4. The van der Waals surface area contributed by atoms with Gasteiger partial charge in [-0.2, -0.15) is 0 Å². The molecule has 0 radical (unpaired) electrons. The van der Waals surface area contributed by atoms with Crippen molar-refractivity contribution in [2.24, 2.45) is 0 Å². The Labute approximate surface area is 202 Å². The SMILES string of the molecule is CC.CC.Cc1ccc(C(C)(C)c2ccc(C)c(-c3ccccc3)c2)cc1-c1ccccc1. The van der Waals surface area contributed by atoms with Crippen molar-refractivity contribution in [1.29, 1.82) is 0 Å². The predicted molar refractivity (Wildman–Crippen MR) is 148 cm³/mol. The number of aryl methyl sites for hydroxylation is 2. The van der Waals surface area contributed by atoms with Gasteiger partial charge in [-0.25, -0.2) is 0 Å². The van der Waals surface area contributed by atoms with E-state index >= 15 is 0 Å². The standard InChI is InChI=1S/C29H28.2C2H6/c1-21-15-17-25(19-27(21)23-11-7-5-8-12-23)29(3,4)26-18-16-22(2)28(20-26)24-13-9-6-10-14-24;2*1-2/h5-20H,1-4H3;2*1-2H3.